The average molecular weight is 430 g/mol. The van der Waals surface area contributed by atoms with Gasteiger partial charge in [-0.25, -0.2) is 0 Å². The van der Waals surface area contributed by atoms with Crippen LogP contribution >= 0.6 is 0 Å². The van der Waals surface area contributed by atoms with Crippen molar-refractivity contribution in [3.63, 3.8) is 0 Å². The van der Waals surface area contributed by atoms with Crippen LogP contribution in [0.4, 0.5) is 0 Å². The maximum atomic E-state index is 12.9. The molecule has 0 aliphatic carbocycles. The molecule has 7 heteroatoms. The van der Waals surface area contributed by atoms with E-state index in [9.17, 15) is 28.8 Å². The molecule has 1 rings (SSSR count). The van der Waals surface area contributed by atoms with Gasteiger partial charge in [0.15, 0.2) is 0 Å². The lowest BCUT2D eigenvalue weighted by atomic mass is 9.83. The molecule has 0 fully saturated rings. The highest BCUT2D eigenvalue weighted by atomic mass is 16.5. The summed E-state index contributed by atoms with van der Waals surface area (Å²) in [4.78, 5) is 73.0. The second kappa shape index (κ2) is 12.7. The molecule has 0 aromatic heterocycles. The summed E-state index contributed by atoms with van der Waals surface area (Å²) in [6.07, 6.45) is -1.10. The molecule has 0 heterocycles. The number of hydrogen-bond acceptors (Lipinski definition) is 7. The van der Waals surface area contributed by atoms with Crippen LogP contribution < -0.4 is 0 Å². The van der Waals surface area contributed by atoms with Gasteiger partial charge in [-0.2, -0.15) is 0 Å². The van der Waals surface area contributed by atoms with Crippen molar-refractivity contribution in [2.45, 2.75) is 58.8 Å². The highest BCUT2D eigenvalue weighted by Gasteiger charge is 2.31. The van der Waals surface area contributed by atoms with E-state index in [-0.39, 0.29) is 43.2 Å². The maximum absolute atomic E-state index is 12.9. The van der Waals surface area contributed by atoms with E-state index in [1.54, 1.807) is 44.2 Å². The Kier molecular flexibility index (Phi) is 10.7. The molecule has 0 saturated heterocycles. The highest BCUT2D eigenvalue weighted by Crippen LogP contribution is 2.24. The zero-order valence-corrected chi connectivity index (χ0v) is 18.5. The molecule has 0 amide bonds. The van der Waals surface area contributed by atoms with Crippen molar-refractivity contribution in [3.05, 3.63) is 35.9 Å². The first-order valence-corrected chi connectivity index (χ1v) is 10.3. The monoisotopic (exact) mass is 430 g/mol. The van der Waals surface area contributed by atoms with Crippen molar-refractivity contribution < 1.29 is 33.5 Å². The van der Waals surface area contributed by atoms with Crippen molar-refractivity contribution in [3.8, 4) is 0 Å². The van der Waals surface area contributed by atoms with Crippen LogP contribution in [0, 0.1) is 11.8 Å². The molecule has 31 heavy (non-hydrogen) atoms. The molecule has 7 nitrogen and oxygen atoms in total. The van der Waals surface area contributed by atoms with Gasteiger partial charge < -0.3 is 4.74 Å². The molecular weight excluding hydrogens is 400 g/mol. The SMILES string of the molecule is COC(=O)CC(=O)CCC(=O)C(C(=O)CCC(=O)C(C(C)=O)C(C)C)c1ccccc1. The topological polar surface area (TPSA) is 112 Å². The fourth-order valence-corrected chi connectivity index (χ4v) is 3.54. The number of ether oxygens (including phenoxy) is 1. The lowest BCUT2D eigenvalue weighted by molar-refractivity contribution is -0.144. The molecule has 0 spiro atoms. The largest absolute Gasteiger partial charge is 0.469 e. The summed E-state index contributed by atoms with van der Waals surface area (Å²) >= 11 is 0. The van der Waals surface area contributed by atoms with E-state index in [1.807, 2.05) is 0 Å². The predicted molar refractivity (Wildman–Crippen MR) is 113 cm³/mol. The second-order valence-corrected chi connectivity index (χ2v) is 7.87. The zero-order valence-electron chi connectivity index (χ0n) is 18.5. The fraction of sp³-hybridized carbons (Fsp3) is 0.500. The van der Waals surface area contributed by atoms with Crippen molar-refractivity contribution in [2.24, 2.45) is 11.8 Å². The molecule has 0 aliphatic heterocycles. The van der Waals surface area contributed by atoms with Gasteiger partial charge in [0.2, 0.25) is 0 Å². The minimum absolute atomic E-state index is 0.126. The summed E-state index contributed by atoms with van der Waals surface area (Å²) in [5, 5.41) is 0. The smallest absolute Gasteiger partial charge is 0.313 e. The van der Waals surface area contributed by atoms with E-state index in [2.05, 4.69) is 4.74 Å². The summed E-state index contributed by atoms with van der Waals surface area (Å²) < 4.78 is 4.44. The third kappa shape index (κ3) is 8.36. The van der Waals surface area contributed by atoms with Gasteiger partial charge in [-0.15, -0.1) is 0 Å². The third-order valence-electron chi connectivity index (χ3n) is 5.07. The number of benzene rings is 1. The predicted octanol–water partition coefficient (Wildman–Crippen LogP) is 3.03. The molecule has 1 aromatic carbocycles. The molecule has 2 atom stereocenters. The van der Waals surface area contributed by atoms with Crippen molar-refractivity contribution >= 4 is 34.9 Å². The van der Waals surface area contributed by atoms with Gasteiger partial charge in [-0.1, -0.05) is 44.2 Å². The molecule has 0 bridgehead atoms. The number of carbonyl (C=O) groups is 6. The maximum Gasteiger partial charge on any atom is 0.313 e. The van der Waals surface area contributed by atoms with Gasteiger partial charge in [0.25, 0.3) is 0 Å². The van der Waals surface area contributed by atoms with E-state index in [4.69, 9.17) is 0 Å². The second-order valence-electron chi connectivity index (χ2n) is 7.87. The number of hydrogen-bond donors (Lipinski definition) is 0. The van der Waals surface area contributed by atoms with Crippen LogP contribution in [0.2, 0.25) is 0 Å². The number of Topliss-reactive ketones (excluding diaryl/α,β-unsaturated/α-hetero) is 5. The number of ketones is 5. The molecule has 1 aromatic rings. The van der Waals surface area contributed by atoms with Gasteiger partial charge >= 0.3 is 5.97 Å². The first-order valence-electron chi connectivity index (χ1n) is 10.3. The Bertz CT molecular complexity index is 824. The Morgan fingerprint density at radius 2 is 1.32 bits per heavy atom. The zero-order chi connectivity index (χ0) is 23.6. The molecule has 0 saturated carbocycles. The number of esters is 1. The molecule has 0 aliphatic rings. The van der Waals surface area contributed by atoms with Crippen molar-refractivity contribution in [1.82, 2.24) is 0 Å². The first kappa shape index (κ1) is 26.1. The summed E-state index contributed by atoms with van der Waals surface area (Å²) in [6, 6.07) is 8.43. The van der Waals surface area contributed by atoms with E-state index < -0.39 is 41.6 Å². The standard InChI is InChI=1S/C24H30O7/c1-15(2)23(16(3)25)19(27)12-13-21(29)24(17-8-6-5-7-9-17)20(28)11-10-18(26)14-22(30)31-4/h5-9,15,23-24H,10-14H2,1-4H3. The summed E-state index contributed by atoms with van der Waals surface area (Å²) in [6.45, 7) is 4.90. The van der Waals surface area contributed by atoms with E-state index in [0.717, 1.165) is 0 Å². The van der Waals surface area contributed by atoms with Gasteiger partial charge in [0, 0.05) is 25.7 Å². The van der Waals surface area contributed by atoms with E-state index in [0.29, 0.717) is 5.56 Å². The van der Waals surface area contributed by atoms with Crippen LogP contribution in [-0.4, -0.2) is 42.0 Å². The molecule has 168 valence electrons. The van der Waals surface area contributed by atoms with Crippen LogP contribution in [0.5, 0.6) is 0 Å². The van der Waals surface area contributed by atoms with Crippen LogP contribution in [-0.2, 0) is 33.5 Å². The molecular formula is C24H30O7. The lowest BCUT2D eigenvalue weighted by Crippen LogP contribution is -2.29. The summed E-state index contributed by atoms with van der Waals surface area (Å²) in [7, 11) is 1.17. The highest BCUT2D eigenvalue weighted by molar-refractivity contribution is 6.10. The Balaban J connectivity index is 2.89. The minimum Gasteiger partial charge on any atom is -0.469 e. The van der Waals surface area contributed by atoms with Gasteiger partial charge in [-0.05, 0) is 18.4 Å². The minimum atomic E-state index is -1.10. The molecule has 0 N–H and O–H groups in total. The van der Waals surface area contributed by atoms with Crippen LogP contribution in [0.3, 0.4) is 0 Å². The third-order valence-corrected chi connectivity index (χ3v) is 5.07. The summed E-state index contributed by atoms with van der Waals surface area (Å²) in [5.74, 6) is -4.62. The average Bonchev–Trinajstić information content (AvgIpc) is 2.71. The van der Waals surface area contributed by atoms with Crippen molar-refractivity contribution in [1.29, 1.82) is 0 Å². The number of methoxy groups -OCH3 is 1. The Morgan fingerprint density at radius 3 is 1.81 bits per heavy atom. The lowest BCUT2D eigenvalue weighted by Gasteiger charge is -2.18. The van der Waals surface area contributed by atoms with Crippen LogP contribution in [0.25, 0.3) is 0 Å². The Hall–Kier alpha value is -2.96. The van der Waals surface area contributed by atoms with Gasteiger partial charge in [0.05, 0.1) is 13.0 Å². The van der Waals surface area contributed by atoms with Crippen LogP contribution in [0.15, 0.2) is 30.3 Å². The molecule has 2 unspecified atom stereocenters. The van der Waals surface area contributed by atoms with Gasteiger partial charge in [0.1, 0.15) is 41.3 Å². The van der Waals surface area contributed by atoms with E-state index in [1.165, 1.54) is 14.0 Å². The summed E-state index contributed by atoms with van der Waals surface area (Å²) in [5.41, 5.74) is 0.484. The Morgan fingerprint density at radius 1 is 0.806 bits per heavy atom. The number of rotatable bonds is 14. The Labute approximate surface area is 182 Å². The van der Waals surface area contributed by atoms with E-state index >= 15 is 0 Å². The number of carbonyl (C=O) groups excluding carboxylic acids is 6. The quantitative estimate of drug-likeness (QED) is 0.329. The molecule has 0 radical (unpaired) electrons. The first-order chi connectivity index (χ1) is 14.6. The van der Waals surface area contributed by atoms with Gasteiger partial charge in [-0.3, -0.25) is 28.8 Å². The fourth-order valence-electron chi connectivity index (χ4n) is 3.54. The van der Waals surface area contributed by atoms with Crippen LogP contribution in [0.1, 0.15) is 64.4 Å². The normalized spacial score (nSPS) is 12.7. The van der Waals surface area contributed by atoms with Crippen molar-refractivity contribution in [2.75, 3.05) is 7.11 Å².